The molecule has 108 valence electrons. The molecule has 8 heteroatoms. The minimum atomic E-state index is -3.87. The first-order valence-corrected chi connectivity index (χ1v) is 8.85. The van der Waals surface area contributed by atoms with E-state index in [2.05, 4.69) is 20.9 Å². The van der Waals surface area contributed by atoms with Gasteiger partial charge in [0.15, 0.2) is 5.03 Å². The van der Waals surface area contributed by atoms with Crippen molar-refractivity contribution in [2.24, 2.45) is 0 Å². The van der Waals surface area contributed by atoms with Gasteiger partial charge in [0, 0.05) is 34.3 Å². The quantitative estimate of drug-likeness (QED) is 0.763. The van der Waals surface area contributed by atoms with Gasteiger partial charge in [-0.2, -0.15) is 0 Å². The number of hydrogen-bond acceptors (Lipinski definition) is 3. The Kier molecular flexibility index (Phi) is 4.51. The van der Waals surface area contributed by atoms with Crippen molar-refractivity contribution < 1.29 is 12.8 Å². The summed E-state index contributed by atoms with van der Waals surface area (Å²) in [7, 11) is 1.42. The Morgan fingerprint density at radius 1 is 1.40 bits per heavy atom. The predicted molar refractivity (Wildman–Crippen MR) is 77.8 cm³/mol. The van der Waals surface area contributed by atoms with Crippen molar-refractivity contribution >= 4 is 35.7 Å². The Morgan fingerprint density at radius 3 is 2.65 bits per heavy atom. The zero-order valence-corrected chi connectivity index (χ0v) is 13.6. The number of aryl methyl sites for hydroxylation is 1. The molecule has 0 aliphatic heterocycles. The van der Waals surface area contributed by atoms with Crippen LogP contribution in [0.1, 0.15) is 18.3 Å². The van der Waals surface area contributed by atoms with Crippen LogP contribution in [0.4, 0.5) is 4.39 Å². The molecular weight excluding hydrogens is 371 g/mol. The van der Waals surface area contributed by atoms with Crippen LogP contribution in [0.15, 0.2) is 33.9 Å². The number of nitrogens with zero attached hydrogens (tertiary/aromatic N) is 2. The zero-order valence-electron chi connectivity index (χ0n) is 10.5. The molecule has 2 rings (SSSR count). The molecule has 0 saturated heterocycles. The van der Waals surface area contributed by atoms with Gasteiger partial charge in [-0.15, -0.1) is 0 Å². The van der Waals surface area contributed by atoms with Gasteiger partial charge in [0.1, 0.15) is 11.6 Å². The first-order chi connectivity index (χ1) is 9.29. The Bertz CT molecular complexity index is 726. The largest absolute Gasteiger partial charge is 0.329 e. The molecule has 0 spiro atoms. The lowest BCUT2D eigenvalue weighted by Gasteiger charge is -2.07. The van der Waals surface area contributed by atoms with Crippen LogP contribution in [0.2, 0.25) is 0 Å². The molecule has 0 amide bonds. The topological polar surface area (TPSA) is 52.0 Å². The van der Waals surface area contributed by atoms with Crippen molar-refractivity contribution in [3.05, 3.63) is 46.1 Å². The summed E-state index contributed by atoms with van der Waals surface area (Å²) in [6.07, 6.45) is 1.91. The minimum absolute atomic E-state index is 0.188. The van der Waals surface area contributed by atoms with Crippen molar-refractivity contribution in [2.45, 2.75) is 24.9 Å². The maximum atomic E-state index is 13.3. The van der Waals surface area contributed by atoms with Gasteiger partial charge >= 0.3 is 0 Å². The van der Waals surface area contributed by atoms with Gasteiger partial charge in [-0.3, -0.25) is 0 Å². The van der Waals surface area contributed by atoms with Gasteiger partial charge < -0.3 is 4.57 Å². The molecule has 1 aromatic heterocycles. The van der Waals surface area contributed by atoms with Gasteiger partial charge in [-0.25, -0.2) is 17.8 Å². The van der Waals surface area contributed by atoms with E-state index in [9.17, 15) is 12.8 Å². The third kappa shape index (κ3) is 3.59. The number of benzene rings is 1. The maximum Gasteiger partial charge on any atom is 0.280 e. The number of hydrogen-bond donors (Lipinski definition) is 0. The molecular formula is C12H11BrClFN2O2S. The molecule has 20 heavy (non-hydrogen) atoms. The molecule has 4 nitrogen and oxygen atoms in total. The molecule has 1 aromatic carbocycles. The zero-order chi connectivity index (χ0) is 14.9. The summed E-state index contributed by atoms with van der Waals surface area (Å²) in [5.41, 5.74) is 0.697. The number of halogens is 3. The highest BCUT2D eigenvalue weighted by atomic mass is 79.9. The second kappa shape index (κ2) is 5.83. The minimum Gasteiger partial charge on any atom is -0.329 e. The predicted octanol–water partition coefficient (Wildman–Crippen LogP) is 3.32. The number of aromatic nitrogens is 2. The molecule has 0 aliphatic carbocycles. The highest BCUT2D eigenvalue weighted by Gasteiger charge is 2.17. The molecule has 1 heterocycles. The van der Waals surface area contributed by atoms with Crippen molar-refractivity contribution in [2.75, 3.05) is 0 Å². The summed E-state index contributed by atoms with van der Waals surface area (Å²) in [6.45, 7) is 2.17. The third-order valence-electron chi connectivity index (χ3n) is 2.68. The SMILES string of the molecule is CCc1nc(S(=O)(=O)Cl)cn1Cc1cc(F)cc(Br)c1. The van der Waals surface area contributed by atoms with E-state index in [1.807, 2.05) is 6.92 Å². The maximum absolute atomic E-state index is 13.3. The van der Waals surface area contributed by atoms with E-state index < -0.39 is 9.05 Å². The normalized spacial score (nSPS) is 11.8. The molecule has 2 aromatic rings. The van der Waals surface area contributed by atoms with E-state index in [0.29, 0.717) is 28.8 Å². The first-order valence-electron chi connectivity index (χ1n) is 5.75. The van der Waals surface area contributed by atoms with E-state index in [-0.39, 0.29) is 10.8 Å². The van der Waals surface area contributed by atoms with Crippen molar-refractivity contribution in [3.63, 3.8) is 0 Å². The lowest BCUT2D eigenvalue weighted by atomic mass is 10.2. The lowest BCUT2D eigenvalue weighted by molar-refractivity contribution is 0.606. The Hall–Kier alpha value is -0.920. The molecule has 0 atom stereocenters. The van der Waals surface area contributed by atoms with Gasteiger partial charge in [-0.05, 0) is 23.8 Å². The fourth-order valence-corrected chi connectivity index (χ4v) is 3.07. The van der Waals surface area contributed by atoms with Crippen LogP contribution in [0.25, 0.3) is 0 Å². The van der Waals surface area contributed by atoms with Crippen LogP contribution >= 0.6 is 26.6 Å². The highest BCUT2D eigenvalue weighted by Crippen LogP contribution is 2.19. The summed E-state index contributed by atoms with van der Waals surface area (Å²) in [5, 5.41) is -0.188. The summed E-state index contributed by atoms with van der Waals surface area (Å²) >= 11 is 3.22. The molecule has 0 aliphatic rings. The second-order valence-electron chi connectivity index (χ2n) is 4.19. The van der Waals surface area contributed by atoms with Crippen molar-refractivity contribution in [1.29, 1.82) is 0 Å². The molecule has 0 saturated carbocycles. The van der Waals surface area contributed by atoms with Gasteiger partial charge in [-0.1, -0.05) is 22.9 Å². The summed E-state index contributed by atoms with van der Waals surface area (Å²) in [6, 6.07) is 4.50. The Balaban J connectivity index is 2.40. The van der Waals surface area contributed by atoms with E-state index in [1.165, 1.54) is 18.3 Å². The summed E-state index contributed by atoms with van der Waals surface area (Å²) in [5.74, 6) is 0.210. The van der Waals surface area contributed by atoms with Crippen molar-refractivity contribution in [1.82, 2.24) is 9.55 Å². The smallest absolute Gasteiger partial charge is 0.280 e. The Morgan fingerprint density at radius 2 is 2.10 bits per heavy atom. The Labute approximate surface area is 129 Å². The van der Waals surface area contributed by atoms with Gasteiger partial charge in [0.25, 0.3) is 9.05 Å². The van der Waals surface area contributed by atoms with Gasteiger partial charge in [0.05, 0.1) is 0 Å². The van der Waals surface area contributed by atoms with E-state index >= 15 is 0 Å². The molecule has 0 fully saturated rings. The molecule has 0 N–H and O–H groups in total. The molecule has 0 unspecified atom stereocenters. The van der Waals surface area contributed by atoms with E-state index in [4.69, 9.17) is 10.7 Å². The van der Waals surface area contributed by atoms with Crippen LogP contribution in [0, 0.1) is 5.82 Å². The van der Waals surface area contributed by atoms with E-state index in [0.717, 1.165) is 0 Å². The van der Waals surface area contributed by atoms with Crippen LogP contribution in [-0.4, -0.2) is 18.0 Å². The monoisotopic (exact) mass is 380 g/mol. The van der Waals surface area contributed by atoms with Crippen LogP contribution < -0.4 is 0 Å². The van der Waals surface area contributed by atoms with Crippen LogP contribution in [-0.2, 0) is 22.0 Å². The first kappa shape index (κ1) is 15.5. The van der Waals surface area contributed by atoms with E-state index in [1.54, 1.807) is 10.6 Å². The average Bonchev–Trinajstić information content (AvgIpc) is 2.70. The second-order valence-corrected chi connectivity index (χ2v) is 7.62. The molecule has 0 bridgehead atoms. The lowest BCUT2D eigenvalue weighted by Crippen LogP contribution is -2.03. The number of rotatable bonds is 4. The highest BCUT2D eigenvalue weighted by molar-refractivity contribution is 9.10. The fourth-order valence-electron chi connectivity index (χ4n) is 1.86. The van der Waals surface area contributed by atoms with Gasteiger partial charge in [0.2, 0.25) is 0 Å². The summed E-state index contributed by atoms with van der Waals surface area (Å²) < 4.78 is 38.2. The third-order valence-corrected chi connectivity index (χ3v) is 4.31. The fraction of sp³-hybridized carbons (Fsp3) is 0.250. The summed E-state index contributed by atoms with van der Waals surface area (Å²) in [4.78, 5) is 3.98. The van der Waals surface area contributed by atoms with Crippen LogP contribution in [0.5, 0.6) is 0 Å². The molecule has 0 radical (unpaired) electrons. The number of imidazole rings is 1. The average molecular weight is 382 g/mol. The standard InChI is InChI=1S/C12H11BrClFN2O2S/c1-2-11-16-12(20(14,18)19)7-17(11)6-8-3-9(13)5-10(15)4-8/h3-5,7H,2,6H2,1H3. The van der Waals surface area contributed by atoms with Crippen LogP contribution in [0.3, 0.4) is 0 Å². The van der Waals surface area contributed by atoms with Crippen molar-refractivity contribution in [3.8, 4) is 0 Å².